The van der Waals surface area contributed by atoms with E-state index in [0.29, 0.717) is 5.75 Å². The first-order valence-electron chi connectivity index (χ1n) is 10.7. The van der Waals surface area contributed by atoms with Crippen LogP contribution in [0.4, 0.5) is 0 Å². The zero-order valence-corrected chi connectivity index (χ0v) is 17.3. The topological polar surface area (TPSA) is 38.7 Å². The quantitative estimate of drug-likeness (QED) is 0.320. The van der Waals surface area contributed by atoms with E-state index in [1.165, 1.54) is 77.0 Å². The molecule has 3 nitrogen and oxygen atoms in total. The summed E-state index contributed by atoms with van der Waals surface area (Å²) in [5.41, 5.74) is 1.03. The SMILES string of the molecule is CCCCCCCCCCCCCCCc1cc(O)cc(OC)c1OC. The molecule has 150 valence electrons. The van der Waals surface area contributed by atoms with Crippen molar-refractivity contribution in [2.24, 2.45) is 0 Å². The molecule has 0 heterocycles. The summed E-state index contributed by atoms with van der Waals surface area (Å²) in [5, 5.41) is 9.81. The summed E-state index contributed by atoms with van der Waals surface area (Å²) in [6.45, 7) is 2.27. The van der Waals surface area contributed by atoms with Crippen molar-refractivity contribution >= 4 is 0 Å². The predicted molar refractivity (Wildman–Crippen MR) is 111 cm³/mol. The van der Waals surface area contributed by atoms with Gasteiger partial charge in [-0.15, -0.1) is 0 Å². The number of hydrogen-bond donors (Lipinski definition) is 1. The van der Waals surface area contributed by atoms with Crippen LogP contribution in [0, 0.1) is 0 Å². The molecule has 0 unspecified atom stereocenters. The Balaban J connectivity index is 2.07. The lowest BCUT2D eigenvalue weighted by Crippen LogP contribution is -1.96. The van der Waals surface area contributed by atoms with Gasteiger partial charge in [0.1, 0.15) is 5.75 Å². The van der Waals surface area contributed by atoms with E-state index in [9.17, 15) is 5.11 Å². The van der Waals surface area contributed by atoms with Gasteiger partial charge in [0.2, 0.25) is 0 Å². The molecule has 1 aromatic carbocycles. The molecule has 0 atom stereocenters. The van der Waals surface area contributed by atoms with E-state index in [-0.39, 0.29) is 5.75 Å². The molecule has 1 rings (SSSR count). The standard InChI is InChI=1S/C23H40O3/c1-4-5-6-7-8-9-10-11-12-13-14-15-16-17-20-18-21(24)19-22(25-2)23(20)26-3/h18-19,24H,4-17H2,1-3H3. The molecule has 0 aliphatic rings. The summed E-state index contributed by atoms with van der Waals surface area (Å²) in [4.78, 5) is 0. The maximum atomic E-state index is 9.81. The molecule has 0 aliphatic heterocycles. The summed E-state index contributed by atoms with van der Waals surface area (Å²) < 4.78 is 10.7. The van der Waals surface area contributed by atoms with Gasteiger partial charge in [-0.05, 0) is 18.9 Å². The Morgan fingerprint density at radius 2 is 1.19 bits per heavy atom. The molecule has 3 heteroatoms. The van der Waals surface area contributed by atoms with E-state index in [0.717, 1.165) is 24.2 Å². The number of hydrogen-bond acceptors (Lipinski definition) is 3. The fourth-order valence-electron chi connectivity index (χ4n) is 3.55. The first kappa shape index (κ1) is 22.7. The highest BCUT2D eigenvalue weighted by Crippen LogP contribution is 2.36. The Bertz CT molecular complexity index is 471. The third kappa shape index (κ3) is 9.35. The van der Waals surface area contributed by atoms with Crippen LogP contribution >= 0.6 is 0 Å². The van der Waals surface area contributed by atoms with E-state index in [2.05, 4.69) is 6.92 Å². The third-order valence-electron chi connectivity index (χ3n) is 5.09. The van der Waals surface area contributed by atoms with Crippen molar-refractivity contribution in [2.45, 2.75) is 96.8 Å². The Labute approximate surface area is 161 Å². The van der Waals surface area contributed by atoms with Crippen molar-refractivity contribution in [1.82, 2.24) is 0 Å². The van der Waals surface area contributed by atoms with Crippen molar-refractivity contribution in [3.63, 3.8) is 0 Å². The van der Waals surface area contributed by atoms with Crippen LogP contribution in [0.2, 0.25) is 0 Å². The zero-order valence-electron chi connectivity index (χ0n) is 17.3. The maximum absolute atomic E-state index is 9.81. The normalized spacial score (nSPS) is 10.9. The number of unbranched alkanes of at least 4 members (excludes halogenated alkanes) is 12. The second kappa shape index (κ2) is 14.8. The van der Waals surface area contributed by atoms with Crippen molar-refractivity contribution in [1.29, 1.82) is 0 Å². The monoisotopic (exact) mass is 364 g/mol. The molecule has 1 N–H and O–H groups in total. The summed E-state index contributed by atoms with van der Waals surface area (Å²) in [7, 11) is 3.26. The summed E-state index contributed by atoms with van der Waals surface area (Å²) in [6.07, 6.45) is 18.5. The van der Waals surface area contributed by atoms with Gasteiger partial charge in [-0.25, -0.2) is 0 Å². The van der Waals surface area contributed by atoms with Crippen molar-refractivity contribution in [3.05, 3.63) is 17.7 Å². The van der Waals surface area contributed by atoms with Crippen LogP contribution in [0.3, 0.4) is 0 Å². The van der Waals surface area contributed by atoms with E-state index >= 15 is 0 Å². The van der Waals surface area contributed by atoms with Gasteiger partial charge in [-0.1, -0.05) is 84.0 Å². The van der Waals surface area contributed by atoms with E-state index in [1.807, 2.05) is 0 Å². The largest absolute Gasteiger partial charge is 0.508 e. The van der Waals surface area contributed by atoms with Crippen molar-refractivity contribution in [2.75, 3.05) is 14.2 Å². The lowest BCUT2D eigenvalue weighted by Gasteiger charge is -2.13. The number of aryl methyl sites for hydroxylation is 1. The Morgan fingerprint density at radius 3 is 1.65 bits per heavy atom. The van der Waals surface area contributed by atoms with E-state index in [1.54, 1.807) is 26.4 Å². The highest BCUT2D eigenvalue weighted by Gasteiger charge is 2.11. The minimum atomic E-state index is 0.243. The van der Waals surface area contributed by atoms with Gasteiger partial charge < -0.3 is 14.6 Å². The molecule has 0 radical (unpaired) electrons. The average molecular weight is 365 g/mol. The van der Waals surface area contributed by atoms with Crippen molar-refractivity contribution < 1.29 is 14.6 Å². The molecule has 0 saturated heterocycles. The van der Waals surface area contributed by atoms with Crippen LogP contribution in [0.25, 0.3) is 0 Å². The van der Waals surface area contributed by atoms with Gasteiger partial charge in [0, 0.05) is 11.6 Å². The van der Waals surface area contributed by atoms with Gasteiger partial charge in [-0.2, -0.15) is 0 Å². The molecule has 1 aromatic rings. The Kier molecular flexibility index (Phi) is 12.9. The van der Waals surface area contributed by atoms with Gasteiger partial charge >= 0.3 is 0 Å². The second-order valence-corrected chi connectivity index (χ2v) is 7.33. The molecular formula is C23H40O3. The molecule has 0 aromatic heterocycles. The van der Waals surface area contributed by atoms with Gasteiger partial charge in [0.05, 0.1) is 14.2 Å². The van der Waals surface area contributed by atoms with Crippen molar-refractivity contribution in [3.8, 4) is 17.2 Å². The zero-order chi connectivity index (χ0) is 19.0. The lowest BCUT2D eigenvalue weighted by molar-refractivity contribution is 0.347. The van der Waals surface area contributed by atoms with Gasteiger partial charge in [-0.3, -0.25) is 0 Å². The average Bonchev–Trinajstić information content (AvgIpc) is 2.65. The minimum absolute atomic E-state index is 0.243. The van der Waals surface area contributed by atoms with Gasteiger partial charge in [0.25, 0.3) is 0 Å². The Hall–Kier alpha value is -1.38. The van der Waals surface area contributed by atoms with Crippen LogP contribution in [0.5, 0.6) is 17.2 Å². The molecule has 0 fully saturated rings. The second-order valence-electron chi connectivity index (χ2n) is 7.33. The molecule has 0 spiro atoms. The highest BCUT2D eigenvalue weighted by atomic mass is 16.5. The predicted octanol–water partition coefficient (Wildman–Crippen LogP) is 7.04. The molecule has 0 saturated carbocycles. The number of ether oxygens (including phenoxy) is 2. The molecular weight excluding hydrogens is 324 g/mol. The number of benzene rings is 1. The minimum Gasteiger partial charge on any atom is -0.508 e. The Morgan fingerprint density at radius 1 is 0.692 bits per heavy atom. The van der Waals surface area contributed by atoms with Crippen LogP contribution < -0.4 is 9.47 Å². The lowest BCUT2D eigenvalue weighted by atomic mass is 10.0. The van der Waals surface area contributed by atoms with Crippen LogP contribution in [-0.2, 0) is 6.42 Å². The number of methoxy groups -OCH3 is 2. The van der Waals surface area contributed by atoms with Crippen LogP contribution in [-0.4, -0.2) is 19.3 Å². The number of phenols is 1. The van der Waals surface area contributed by atoms with E-state index in [4.69, 9.17) is 9.47 Å². The fraction of sp³-hybridized carbons (Fsp3) is 0.739. The smallest absolute Gasteiger partial charge is 0.164 e. The summed E-state index contributed by atoms with van der Waals surface area (Å²) in [5.74, 6) is 1.61. The first-order valence-corrected chi connectivity index (χ1v) is 10.7. The first-order chi connectivity index (χ1) is 12.7. The van der Waals surface area contributed by atoms with Crippen LogP contribution in [0.1, 0.15) is 96.0 Å². The van der Waals surface area contributed by atoms with Crippen LogP contribution in [0.15, 0.2) is 12.1 Å². The number of rotatable bonds is 16. The molecule has 0 amide bonds. The number of aromatic hydroxyl groups is 1. The third-order valence-corrected chi connectivity index (χ3v) is 5.09. The fourth-order valence-corrected chi connectivity index (χ4v) is 3.55. The summed E-state index contributed by atoms with van der Waals surface area (Å²) >= 11 is 0. The maximum Gasteiger partial charge on any atom is 0.164 e. The number of phenolic OH excluding ortho intramolecular Hbond substituents is 1. The highest BCUT2D eigenvalue weighted by molar-refractivity contribution is 5.51. The van der Waals surface area contributed by atoms with Gasteiger partial charge in [0.15, 0.2) is 11.5 Å². The molecule has 0 bridgehead atoms. The molecule has 0 aliphatic carbocycles. The molecule has 26 heavy (non-hydrogen) atoms. The van der Waals surface area contributed by atoms with E-state index < -0.39 is 0 Å². The summed E-state index contributed by atoms with van der Waals surface area (Å²) in [6, 6.07) is 3.40.